The molecular weight excluding hydrogens is 703 g/mol. The van der Waals surface area contributed by atoms with Gasteiger partial charge in [-0.05, 0) is 81.1 Å². The highest BCUT2D eigenvalue weighted by Gasteiger charge is 2.23. The van der Waals surface area contributed by atoms with E-state index in [0.717, 1.165) is 11.4 Å². The van der Waals surface area contributed by atoms with E-state index in [0.29, 0.717) is 0 Å². The first-order valence-corrected chi connectivity index (χ1v) is 20.3. The minimum atomic E-state index is 1.12. The van der Waals surface area contributed by atoms with Crippen LogP contribution in [0.25, 0.3) is 84.5 Å². The molecule has 11 rings (SSSR count). The summed E-state index contributed by atoms with van der Waals surface area (Å²) in [5.74, 6) is 0. The smallest absolute Gasteiger partial charge is 0.0640 e. The van der Waals surface area contributed by atoms with E-state index < -0.39 is 0 Å². The zero-order valence-electron chi connectivity index (χ0n) is 29.8. The molecule has 0 aliphatic carbocycles. The molecule has 2 aromatic heterocycles. The van der Waals surface area contributed by atoms with Gasteiger partial charge in [-0.1, -0.05) is 158 Å². The Morgan fingerprint density at radius 1 is 0.309 bits per heavy atom. The van der Waals surface area contributed by atoms with Crippen LogP contribution in [0.15, 0.2) is 200 Å². The highest BCUT2D eigenvalue weighted by molar-refractivity contribution is 7.26. The predicted octanol–water partition coefficient (Wildman–Crippen LogP) is 16.0. The number of benzene rings is 9. The highest BCUT2D eigenvalue weighted by atomic mass is 32.1. The molecule has 0 N–H and O–H groups in total. The Morgan fingerprint density at radius 3 is 1.73 bits per heavy atom. The van der Waals surface area contributed by atoms with Crippen LogP contribution in [0.5, 0.6) is 0 Å². The second kappa shape index (κ2) is 13.1. The molecule has 258 valence electrons. The molecule has 0 unspecified atom stereocenters. The van der Waals surface area contributed by atoms with Crippen molar-refractivity contribution in [2.24, 2.45) is 0 Å². The van der Waals surface area contributed by atoms with E-state index in [-0.39, 0.29) is 0 Å². The summed E-state index contributed by atoms with van der Waals surface area (Å²) in [4.78, 5) is 2.51. The summed E-state index contributed by atoms with van der Waals surface area (Å²) in [6.45, 7) is 0. The van der Waals surface area contributed by atoms with E-state index in [9.17, 15) is 0 Å². The van der Waals surface area contributed by atoms with Gasteiger partial charge in [0.1, 0.15) is 0 Å². The van der Waals surface area contributed by atoms with Crippen molar-refractivity contribution in [2.75, 3.05) is 4.90 Å². The Kier molecular flexibility index (Phi) is 7.61. The molecule has 55 heavy (non-hydrogen) atoms. The lowest BCUT2D eigenvalue weighted by Crippen LogP contribution is -2.12. The number of hydrogen-bond acceptors (Lipinski definition) is 3. The van der Waals surface area contributed by atoms with Crippen molar-refractivity contribution >= 4 is 90.9 Å². The van der Waals surface area contributed by atoms with Crippen LogP contribution in [0.2, 0.25) is 0 Å². The SMILES string of the molecule is c1ccc(-c2ccc(-c3ccc4ccccc4c3)cc2N(c2cccc(-c3cccc4c3sc3ccccc34)c2)c2cccc3c2sc2ccccc23)cc1. The fourth-order valence-electron chi connectivity index (χ4n) is 8.23. The molecular formula is C52H33NS2. The number of nitrogens with zero attached hydrogens (tertiary/aromatic N) is 1. The molecule has 0 aliphatic rings. The number of hydrogen-bond donors (Lipinski definition) is 0. The van der Waals surface area contributed by atoms with Crippen LogP contribution in [-0.2, 0) is 0 Å². The molecule has 2 heterocycles. The standard InChI is InChI=1S/C52H33NS2/c1-2-14-35(15-3-1)41-30-29-38(37-28-27-34-13-4-5-16-36(34)31-37)33-48(41)53(47-24-12-23-46-44-20-7-9-26-50(44)55-52(46)47)40-18-10-17-39(32-40)42-21-11-22-45-43-19-6-8-25-49(43)54-51(42)45/h1-33H. The maximum Gasteiger partial charge on any atom is 0.0640 e. The largest absolute Gasteiger partial charge is 0.308 e. The Labute approximate surface area is 327 Å². The van der Waals surface area contributed by atoms with Gasteiger partial charge in [0.05, 0.1) is 16.1 Å². The second-order valence-electron chi connectivity index (χ2n) is 14.1. The van der Waals surface area contributed by atoms with Gasteiger partial charge in [-0.15, -0.1) is 22.7 Å². The molecule has 0 saturated heterocycles. The van der Waals surface area contributed by atoms with Crippen LogP contribution in [0.4, 0.5) is 17.1 Å². The van der Waals surface area contributed by atoms with Crippen molar-refractivity contribution in [1.82, 2.24) is 0 Å². The van der Waals surface area contributed by atoms with Gasteiger partial charge in [0, 0.05) is 46.9 Å². The van der Waals surface area contributed by atoms with Gasteiger partial charge in [0.15, 0.2) is 0 Å². The maximum atomic E-state index is 2.51. The molecule has 0 spiro atoms. The Morgan fingerprint density at radius 2 is 0.909 bits per heavy atom. The van der Waals surface area contributed by atoms with Gasteiger partial charge >= 0.3 is 0 Å². The summed E-state index contributed by atoms with van der Waals surface area (Å²) in [7, 11) is 0. The third kappa shape index (κ3) is 5.43. The fraction of sp³-hybridized carbons (Fsp3) is 0. The van der Waals surface area contributed by atoms with Gasteiger partial charge < -0.3 is 4.90 Å². The Balaban J connectivity index is 1.19. The number of fused-ring (bicyclic) bond motifs is 7. The average Bonchev–Trinajstić information content (AvgIpc) is 3.83. The van der Waals surface area contributed by atoms with E-state index in [1.54, 1.807) is 0 Å². The molecule has 0 aliphatic heterocycles. The van der Waals surface area contributed by atoms with E-state index >= 15 is 0 Å². The van der Waals surface area contributed by atoms with Crippen LogP contribution in [0, 0.1) is 0 Å². The van der Waals surface area contributed by atoms with Gasteiger partial charge in [-0.2, -0.15) is 0 Å². The molecule has 0 saturated carbocycles. The molecule has 0 fully saturated rings. The average molecular weight is 736 g/mol. The van der Waals surface area contributed by atoms with E-state index in [4.69, 9.17) is 0 Å². The van der Waals surface area contributed by atoms with Gasteiger partial charge in [0.2, 0.25) is 0 Å². The van der Waals surface area contributed by atoms with Crippen molar-refractivity contribution in [3.05, 3.63) is 200 Å². The van der Waals surface area contributed by atoms with E-state index in [1.165, 1.54) is 90.2 Å². The van der Waals surface area contributed by atoms with Crippen molar-refractivity contribution in [3.8, 4) is 33.4 Å². The van der Waals surface area contributed by atoms with Crippen LogP contribution < -0.4 is 4.90 Å². The van der Waals surface area contributed by atoms with Crippen LogP contribution in [0.3, 0.4) is 0 Å². The summed E-state index contributed by atoms with van der Waals surface area (Å²) < 4.78 is 5.21. The summed E-state index contributed by atoms with van der Waals surface area (Å²) in [6.07, 6.45) is 0. The van der Waals surface area contributed by atoms with E-state index in [2.05, 4.69) is 205 Å². The van der Waals surface area contributed by atoms with Crippen LogP contribution in [0.1, 0.15) is 0 Å². The molecule has 9 aromatic carbocycles. The van der Waals surface area contributed by atoms with Crippen molar-refractivity contribution in [3.63, 3.8) is 0 Å². The van der Waals surface area contributed by atoms with Gasteiger partial charge in [0.25, 0.3) is 0 Å². The number of anilines is 3. The van der Waals surface area contributed by atoms with Crippen LogP contribution >= 0.6 is 22.7 Å². The van der Waals surface area contributed by atoms with Crippen molar-refractivity contribution in [1.29, 1.82) is 0 Å². The minimum absolute atomic E-state index is 1.12. The first-order chi connectivity index (χ1) is 27.3. The third-order valence-corrected chi connectivity index (χ3v) is 13.3. The molecule has 1 nitrogen and oxygen atoms in total. The Bertz CT molecular complexity index is 3220. The highest BCUT2D eigenvalue weighted by Crippen LogP contribution is 2.49. The zero-order chi connectivity index (χ0) is 36.3. The summed E-state index contributed by atoms with van der Waals surface area (Å²) in [5, 5.41) is 7.69. The monoisotopic (exact) mass is 735 g/mol. The quantitative estimate of drug-likeness (QED) is 0.164. The topological polar surface area (TPSA) is 3.24 Å². The molecule has 3 heteroatoms. The normalized spacial score (nSPS) is 11.6. The molecule has 0 atom stereocenters. The zero-order valence-corrected chi connectivity index (χ0v) is 31.4. The Hall–Kier alpha value is -6.52. The first kappa shape index (κ1) is 32.0. The predicted molar refractivity (Wildman–Crippen MR) is 241 cm³/mol. The summed E-state index contributed by atoms with van der Waals surface area (Å²) in [5.41, 5.74) is 10.6. The lowest BCUT2D eigenvalue weighted by atomic mass is 9.95. The maximum absolute atomic E-state index is 2.51. The second-order valence-corrected chi connectivity index (χ2v) is 16.2. The lowest BCUT2D eigenvalue weighted by Gasteiger charge is -2.29. The van der Waals surface area contributed by atoms with Gasteiger partial charge in [-0.3, -0.25) is 0 Å². The molecule has 0 amide bonds. The van der Waals surface area contributed by atoms with Crippen molar-refractivity contribution < 1.29 is 0 Å². The third-order valence-electron chi connectivity index (χ3n) is 10.9. The van der Waals surface area contributed by atoms with Crippen LogP contribution in [-0.4, -0.2) is 0 Å². The summed E-state index contributed by atoms with van der Waals surface area (Å²) >= 11 is 3.76. The molecule has 0 radical (unpaired) electrons. The first-order valence-electron chi connectivity index (χ1n) is 18.7. The summed E-state index contributed by atoms with van der Waals surface area (Å²) in [6, 6.07) is 73.5. The number of rotatable bonds is 6. The van der Waals surface area contributed by atoms with Gasteiger partial charge in [-0.25, -0.2) is 0 Å². The van der Waals surface area contributed by atoms with Crippen molar-refractivity contribution in [2.45, 2.75) is 0 Å². The fourth-order valence-corrected chi connectivity index (χ4v) is 10.7. The van der Waals surface area contributed by atoms with E-state index in [1.807, 2.05) is 22.7 Å². The molecule has 0 bridgehead atoms. The minimum Gasteiger partial charge on any atom is -0.308 e. The lowest BCUT2D eigenvalue weighted by molar-refractivity contribution is 1.30. The number of thiophene rings is 2. The molecule has 11 aromatic rings.